The number of rotatable bonds is 4. The molecule has 0 aliphatic carbocycles. The average Bonchev–Trinajstić information content (AvgIpc) is 3.04. The third-order valence-electron chi connectivity index (χ3n) is 3.57. The molecule has 4 nitrogen and oxygen atoms in total. The summed E-state index contributed by atoms with van der Waals surface area (Å²) >= 11 is 1.32. The first-order chi connectivity index (χ1) is 10.1. The van der Waals surface area contributed by atoms with Crippen molar-refractivity contribution in [1.82, 2.24) is 4.57 Å². The second-order valence-corrected chi connectivity index (χ2v) is 6.09. The van der Waals surface area contributed by atoms with E-state index in [0.717, 1.165) is 27.1 Å². The van der Waals surface area contributed by atoms with Gasteiger partial charge in [0, 0.05) is 23.0 Å². The maximum absolute atomic E-state index is 11.1. The molecule has 108 valence electrons. The number of carbonyl (C=O) groups is 1. The SMILES string of the molecule is COc1cccc2c1ccn2Cc1cc(C(=O)O)sc1C. The lowest BCUT2D eigenvalue weighted by Gasteiger charge is -2.06. The first-order valence-corrected chi connectivity index (χ1v) is 7.36. The molecule has 5 heteroatoms. The number of carboxylic acids is 1. The zero-order valence-electron chi connectivity index (χ0n) is 11.8. The highest BCUT2D eigenvalue weighted by molar-refractivity contribution is 7.14. The van der Waals surface area contributed by atoms with Gasteiger partial charge in [0.25, 0.3) is 0 Å². The summed E-state index contributed by atoms with van der Waals surface area (Å²) < 4.78 is 7.47. The Morgan fingerprint density at radius 1 is 1.38 bits per heavy atom. The van der Waals surface area contributed by atoms with E-state index in [0.29, 0.717) is 11.4 Å². The summed E-state index contributed by atoms with van der Waals surface area (Å²) in [5.74, 6) is -0.0205. The topological polar surface area (TPSA) is 51.5 Å². The molecule has 3 rings (SSSR count). The van der Waals surface area contributed by atoms with Crippen LogP contribution in [0, 0.1) is 6.92 Å². The standard InChI is InChI=1S/C16H15NO3S/c1-10-11(8-15(21-10)16(18)19)9-17-7-6-12-13(17)4-3-5-14(12)20-2/h3-8H,9H2,1-2H3,(H,18,19). The van der Waals surface area contributed by atoms with Crippen LogP contribution < -0.4 is 4.74 Å². The van der Waals surface area contributed by atoms with Gasteiger partial charge in [0.2, 0.25) is 0 Å². The van der Waals surface area contributed by atoms with Crippen LogP contribution in [0.15, 0.2) is 36.5 Å². The summed E-state index contributed by atoms with van der Waals surface area (Å²) in [4.78, 5) is 12.5. The van der Waals surface area contributed by atoms with E-state index in [1.54, 1.807) is 13.2 Å². The Labute approximate surface area is 126 Å². The zero-order valence-corrected chi connectivity index (χ0v) is 12.6. The molecule has 0 saturated heterocycles. The fourth-order valence-electron chi connectivity index (χ4n) is 2.48. The van der Waals surface area contributed by atoms with Gasteiger partial charge in [0.15, 0.2) is 0 Å². The van der Waals surface area contributed by atoms with Crippen molar-refractivity contribution in [3.8, 4) is 5.75 Å². The van der Waals surface area contributed by atoms with Gasteiger partial charge >= 0.3 is 5.97 Å². The van der Waals surface area contributed by atoms with Gasteiger partial charge in [-0.25, -0.2) is 4.79 Å². The molecule has 0 aliphatic rings. The summed E-state index contributed by atoms with van der Waals surface area (Å²) in [6, 6.07) is 9.71. The summed E-state index contributed by atoms with van der Waals surface area (Å²) in [6.07, 6.45) is 2.00. The van der Waals surface area contributed by atoms with Gasteiger partial charge in [-0.15, -0.1) is 11.3 Å². The first-order valence-electron chi connectivity index (χ1n) is 6.54. The predicted octanol–water partition coefficient (Wildman–Crippen LogP) is 3.77. The zero-order chi connectivity index (χ0) is 15.0. The molecule has 2 aromatic heterocycles. The number of hydrogen-bond donors (Lipinski definition) is 1. The van der Waals surface area contributed by atoms with Crippen molar-refractivity contribution in [3.63, 3.8) is 0 Å². The highest BCUT2D eigenvalue weighted by Crippen LogP contribution is 2.28. The molecule has 1 aromatic carbocycles. The molecule has 2 heterocycles. The number of fused-ring (bicyclic) bond motifs is 1. The third kappa shape index (κ3) is 2.40. The molecule has 1 N–H and O–H groups in total. The number of aromatic carboxylic acids is 1. The van der Waals surface area contributed by atoms with Crippen molar-refractivity contribution >= 4 is 28.2 Å². The fraction of sp³-hybridized carbons (Fsp3) is 0.188. The molecule has 0 bridgehead atoms. The minimum absolute atomic E-state index is 0.386. The molecule has 3 aromatic rings. The number of aryl methyl sites for hydroxylation is 1. The van der Waals surface area contributed by atoms with Crippen LogP contribution in [0.4, 0.5) is 0 Å². The first kappa shape index (κ1) is 13.7. The van der Waals surface area contributed by atoms with E-state index in [9.17, 15) is 4.79 Å². The number of thiophene rings is 1. The Bertz CT molecular complexity index is 816. The van der Waals surface area contributed by atoms with Gasteiger partial charge in [0.1, 0.15) is 10.6 Å². The van der Waals surface area contributed by atoms with Crippen molar-refractivity contribution in [2.75, 3.05) is 7.11 Å². The van der Waals surface area contributed by atoms with Crippen LogP contribution in [0.25, 0.3) is 10.9 Å². The van der Waals surface area contributed by atoms with Gasteiger partial charge in [-0.05, 0) is 36.8 Å². The Morgan fingerprint density at radius 2 is 2.19 bits per heavy atom. The molecule has 0 fully saturated rings. The highest BCUT2D eigenvalue weighted by Gasteiger charge is 2.13. The molecule has 0 unspecified atom stereocenters. The van der Waals surface area contributed by atoms with Crippen LogP contribution in [0.3, 0.4) is 0 Å². The number of aromatic nitrogens is 1. The fourth-order valence-corrected chi connectivity index (χ4v) is 3.35. The average molecular weight is 301 g/mol. The van der Waals surface area contributed by atoms with Crippen molar-refractivity contribution in [1.29, 1.82) is 0 Å². The molecule has 0 aliphatic heterocycles. The Kier molecular flexibility index (Phi) is 3.43. The van der Waals surface area contributed by atoms with Gasteiger partial charge in [-0.2, -0.15) is 0 Å². The molecule has 0 amide bonds. The third-order valence-corrected chi connectivity index (χ3v) is 4.65. The monoisotopic (exact) mass is 301 g/mol. The van der Waals surface area contributed by atoms with Gasteiger partial charge in [0.05, 0.1) is 12.6 Å². The predicted molar refractivity (Wildman–Crippen MR) is 83.6 cm³/mol. The maximum Gasteiger partial charge on any atom is 0.345 e. The minimum atomic E-state index is -0.867. The van der Waals surface area contributed by atoms with Crippen molar-refractivity contribution in [2.24, 2.45) is 0 Å². The van der Waals surface area contributed by atoms with E-state index in [1.807, 2.05) is 37.4 Å². The molecular weight excluding hydrogens is 286 g/mol. The lowest BCUT2D eigenvalue weighted by atomic mass is 10.2. The number of nitrogens with zero attached hydrogens (tertiary/aromatic N) is 1. The summed E-state index contributed by atoms with van der Waals surface area (Å²) in [6.45, 7) is 2.62. The van der Waals surface area contributed by atoms with Crippen LogP contribution >= 0.6 is 11.3 Å². The normalized spacial score (nSPS) is 11.0. The van der Waals surface area contributed by atoms with Crippen LogP contribution in [0.2, 0.25) is 0 Å². The minimum Gasteiger partial charge on any atom is -0.496 e. The lowest BCUT2D eigenvalue weighted by Crippen LogP contribution is -1.98. The van der Waals surface area contributed by atoms with Gasteiger partial charge in [-0.1, -0.05) is 6.07 Å². The van der Waals surface area contributed by atoms with Crippen molar-refractivity contribution < 1.29 is 14.6 Å². The molecule has 0 spiro atoms. The van der Waals surface area contributed by atoms with Crippen molar-refractivity contribution in [3.05, 3.63) is 51.8 Å². The number of ether oxygens (including phenoxy) is 1. The maximum atomic E-state index is 11.1. The number of carboxylic acid groups (broad SMARTS) is 1. The van der Waals surface area contributed by atoms with E-state index in [2.05, 4.69) is 4.57 Å². The Morgan fingerprint density at radius 3 is 2.86 bits per heavy atom. The van der Waals surface area contributed by atoms with E-state index in [4.69, 9.17) is 9.84 Å². The van der Waals surface area contributed by atoms with E-state index < -0.39 is 5.97 Å². The smallest absolute Gasteiger partial charge is 0.345 e. The summed E-state index contributed by atoms with van der Waals surface area (Å²) in [7, 11) is 1.66. The summed E-state index contributed by atoms with van der Waals surface area (Å²) in [5.41, 5.74) is 2.12. The second-order valence-electron chi connectivity index (χ2n) is 4.83. The lowest BCUT2D eigenvalue weighted by molar-refractivity contribution is 0.0702. The Balaban J connectivity index is 2.01. The largest absolute Gasteiger partial charge is 0.496 e. The Hall–Kier alpha value is -2.27. The van der Waals surface area contributed by atoms with Gasteiger partial charge in [-0.3, -0.25) is 0 Å². The quantitative estimate of drug-likeness (QED) is 0.798. The molecule has 0 atom stereocenters. The van der Waals surface area contributed by atoms with E-state index in [-0.39, 0.29) is 0 Å². The van der Waals surface area contributed by atoms with Crippen LogP contribution in [0.1, 0.15) is 20.1 Å². The molecule has 0 radical (unpaired) electrons. The number of benzene rings is 1. The van der Waals surface area contributed by atoms with Crippen molar-refractivity contribution in [2.45, 2.75) is 13.5 Å². The van der Waals surface area contributed by atoms with Crippen LogP contribution in [-0.4, -0.2) is 22.8 Å². The van der Waals surface area contributed by atoms with E-state index in [1.165, 1.54) is 11.3 Å². The van der Waals surface area contributed by atoms with Gasteiger partial charge < -0.3 is 14.4 Å². The number of hydrogen-bond acceptors (Lipinski definition) is 3. The summed E-state index contributed by atoms with van der Waals surface area (Å²) in [5, 5.41) is 10.1. The van der Waals surface area contributed by atoms with E-state index >= 15 is 0 Å². The molecule has 21 heavy (non-hydrogen) atoms. The van der Waals surface area contributed by atoms with Crippen LogP contribution in [0.5, 0.6) is 5.75 Å². The van der Waals surface area contributed by atoms with Crippen LogP contribution in [-0.2, 0) is 6.54 Å². The molecule has 0 saturated carbocycles. The number of methoxy groups -OCH3 is 1. The molecular formula is C16H15NO3S. The highest BCUT2D eigenvalue weighted by atomic mass is 32.1. The second kappa shape index (κ2) is 5.26.